The lowest BCUT2D eigenvalue weighted by Gasteiger charge is -2.26. The van der Waals surface area contributed by atoms with Gasteiger partial charge in [0.1, 0.15) is 5.54 Å². The van der Waals surface area contributed by atoms with Crippen LogP contribution in [0.25, 0.3) is 0 Å². The van der Waals surface area contributed by atoms with E-state index in [-0.39, 0.29) is 5.54 Å². The summed E-state index contributed by atoms with van der Waals surface area (Å²) in [6, 6.07) is 2.40. The Kier molecular flexibility index (Phi) is 8.23. The van der Waals surface area contributed by atoms with E-state index in [4.69, 9.17) is 4.74 Å². The van der Waals surface area contributed by atoms with E-state index >= 15 is 0 Å². The molecule has 3 nitrogen and oxygen atoms in total. The van der Waals surface area contributed by atoms with E-state index < -0.39 is 0 Å². The number of nitriles is 1. The van der Waals surface area contributed by atoms with Gasteiger partial charge in [0.15, 0.2) is 0 Å². The van der Waals surface area contributed by atoms with Crippen LogP contribution in [-0.4, -0.2) is 25.3 Å². The Bertz CT molecular complexity index is 210. The zero-order valence-corrected chi connectivity index (χ0v) is 11.2. The lowest BCUT2D eigenvalue weighted by Crippen LogP contribution is -2.43. The van der Waals surface area contributed by atoms with Crippen LogP contribution in [0.15, 0.2) is 0 Å². The molecule has 0 aromatic heterocycles. The molecule has 0 bridgehead atoms. The van der Waals surface area contributed by atoms with Crippen LogP contribution in [0.4, 0.5) is 0 Å². The monoisotopic (exact) mass is 226 g/mol. The van der Waals surface area contributed by atoms with Crippen molar-refractivity contribution in [2.24, 2.45) is 5.92 Å². The Morgan fingerprint density at radius 1 is 1.38 bits per heavy atom. The third-order valence-corrected chi connectivity index (χ3v) is 2.68. The van der Waals surface area contributed by atoms with Crippen LogP contribution in [0.5, 0.6) is 0 Å². The van der Waals surface area contributed by atoms with Crippen molar-refractivity contribution in [1.29, 1.82) is 5.26 Å². The first-order chi connectivity index (χ1) is 7.60. The molecule has 1 N–H and O–H groups in total. The van der Waals surface area contributed by atoms with Crippen LogP contribution in [-0.2, 0) is 4.74 Å². The van der Waals surface area contributed by atoms with E-state index in [9.17, 15) is 5.26 Å². The lowest BCUT2D eigenvalue weighted by atomic mass is 9.92. The van der Waals surface area contributed by atoms with Crippen LogP contribution < -0.4 is 5.32 Å². The number of nitrogens with zero attached hydrogens (tertiary/aromatic N) is 1. The van der Waals surface area contributed by atoms with Gasteiger partial charge in [0.2, 0.25) is 0 Å². The summed E-state index contributed by atoms with van der Waals surface area (Å²) in [5.41, 5.74) is -0.351. The second-order valence-corrected chi connectivity index (χ2v) is 4.65. The first kappa shape index (κ1) is 15.4. The van der Waals surface area contributed by atoms with Gasteiger partial charge in [-0.2, -0.15) is 5.26 Å². The Labute approximate surface area is 100 Å². The number of hydrogen-bond donors (Lipinski definition) is 1. The van der Waals surface area contributed by atoms with Crippen LogP contribution in [0, 0.1) is 17.2 Å². The maximum atomic E-state index is 9.20. The molecule has 0 saturated carbocycles. The highest BCUT2D eigenvalue weighted by molar-refractivity contribution is 5.05. The summed E-state index contributed by atoms with van der Waals surface area (Å²) in [6.07, 6.45) is 2.66. The quantitative estimate of drug-likeness (QED) is 0.615. The first-order valence-electron chi connectivity index (χ1n) is 6.34. The lowest BCUT2D eigenvalue weighted by molar-refractivity contribution is 0.102. The third-order valence-electron chi connectivity index (χ3n) is 2.68. The molecule has 0 aliphatic heterocycles. The van der Waals surface area contributed by atoms with E-state index in [1.54, 1.807) is 0 Å². The SMILES string of the molecule is CCNC(C#N)(CC)CCCOCC(C)C. The van der Waals surface area contributed by atoms with Gasteiger partial charge in [-0.1, -0.05) is 27.7 Å². The van der Waals surface area contributed by atoms with E-state index in [2.05, 4.69) is 32.2 Å². The fourth-order valence-corrected chi connectivity index (χ4v) is 1.70. The van der Waals surface area contributed by atoms with Crippen LogP contribution in [0.1, 0.15) is 47.0 Å². The molecule has 0 aromatic rings. The summed E-state index contributed by atoms with van der Waals surface area (Å²) < 4.78 is 5.52. The minimum atomic E-state index is -0.351. The van der Waals surface area contributed by atoms with Gasteiger partial charge < -0.3 is 4.74 Å². The molecule has 0 aliphatic carbocycles. The second-order valence-electron chi connectivity index (χ2n) is 4.65. The molecule has 1 atom stereocenters. The van der Waals surface area contributed by atoms with Gasteiger partial charge in [-0.15, -0.1) is 0 Å². The highest BCUT2D eigenvalue weighted by Gasteiger charge is 2.25. The molecule has 0 amide bonds. The number of nitrogens with one attached hydrogen (secondary N) is 1. The topological polar surface area (TPSA) is 45.0 Å². The molecule has 1 unspecified atom stereocenters. The van der Waals surface area contributed by atoms with Crippen molar-refractivity contribution in [2.75, 3.05) is 19.8 Å². The molecule has 0 aliphatic rings. The van der Waals surface area contributed by atoms with Gasteiger partial charge in [-0.05, 0) is 31.7 Å². The largest absolute Gasteiger partial charge is 0.381 e. The molecular weight excluding hydrogens is 200 g/mol. The fraction of sp³-hybridized carbons (Fsp3) is 0.923. The zero-order chi connectivity index (χ0) is 12.4. The summed E-state index contributed by atoms with van der Waals surface area (Å²) in [5.74, 6) is 0.584. The number of rotatable bonds is 9. The molecular formula is C13H26N2O. The molecule has 0 radical (unpaired) electrons. The van der Waals surface area contributed by atoms with E-state index in [1.807, 2.05) is 6.92 Å². The molecule has 0 heterocycles. The zero-order valence-electron chi connectivity index (χ0n) is 11.2. The molecule has 0 rings (SSSR count). The Hall–Kier alpha value is -0.590. The minimum Gasteiger partial charge on any atom is -0.381 e. The number of ether oxygens (including phenoxy) is 1. The standard InChI is InChI=1S/C13H26N2O/c1-5-13(11-14,15-6-2)8-7-9-16-10-12(3)4/h12,15H,5-10H2,1-4H3. The summed E-state index contributed by atoms with van der Waals surface area (Å²) in [6.45, 7) is 10.8. The van der Waals surface area contributed by atoms with Crippen LogP contribution >= 0.6 is 0 Å². The van der Waals surface area contributed by atoms with Gasteiger partial charge in [-0.3, -0.25) is 5.32 Å². The summed E-state index contributed by atoms with van der Waals surface area (Å²) in [5, 5.41) is 12.5. The van der Waals surface area contributed by atoms with Crippen molar-refractivity contribution in [3.8, 4) is 6.07 Å². The average molecular weight is 226 g/mol. The predicted molar refractivity (Wildman–Crippen MR) is 67.2 cm³/mol. The maximum Gasteiger partial charge on any atom is 0.106 e. The molecule has 3 heteroatoms. The highest BCUT2D eigenvalue weighted by atomic mass is 16.5. The average Bonchev–Trinajstić information content (AvgIpc) is 2.27. The highest BCUT2D eigenvalue weighted by Crippen LogP contribution is 2.16. The molecule has 0 spiro atoms. The van der Waals surface area contributed by atoms with Crippen molar-refractivity contribution >= 4 is 0 Å². The molecule has 94 valence electrons. The van der Waals surface area contributed by atoms with E-state index in [1.165, 1.54) is 0 Å². The van der Waals surface area contributed by atoms with Gasteiger partial charge in [0.25, 0.3) is 0 Å². The Morgan fingerprint density at radius 2 is 2.06 bits per heavy atom. The summed E-state index contributed by atoms with van der Waals surface area (Å²) in [4.78, 5) is 0. The van der Waals surface area contributed by atoms with E-state index in [0.717, 1.165) is 39.0 Å². The smallest absolute Gasteiger partial charge is 0.106 e. The van der Waals surface area contributed by atoms with Crippen molar-refractivity contribution in [3.05, 3.63) is 0 Å². The Morgan fingerprint density at radius 3 is 2.50 bits per heavy atom. The minimum absolute atomic E-state index is 0.351. The molecule has 0 saturated heterocycles. The normalized spacial score (nSPS) is 14.8. The van der Waals surface area contributed by atoms with Crippen LogP contribution in [0.2, 0.25) is 0 Å². The summed E-state index contributed by atoms with van der Waals surface area (Å²) in [7, 11) is 0. The Balaban J connectivity index is 3.81. The van der Waals surface area contributed by atoms with Gasteiger partial charge in [0, 0.05) is 13.2 Å². The fourth-order valence-electron chi connectivity index (χ4n) is 1.70. The van der Waals surface area contributed by atoms with Crippen LogP contribution in [0.3, 0.4) is 0 Å². The van der Waals surface area contributed by atoms with Crippen molar-refractivity contribution in [3.63, 3.8) is 0 Å². The van der Waals surface area contributed by atoms with E-state index in [0.29, 0.717) is 5.92 Å². The predicted octanol–water partition coefficient (Wildman–Crippen LogP) is 2.72. The van der Waals surface area contributed by atoms with Gasteiger partial charge in [-0.25, -0.2) is 0 Å². The first-order valence-corrected chi connectivity index (χ1v) is 6.34. The summed E-state index contributed by atoms with van der Waals surface area (Å²) >= 11 is 0. The maximum absolute atomic E-state index is 9.20. The third kappa shape index (κ3) is 6.09. The second kappa shape index (κ2) is 8.55. The molecule has 0 fully saturated rings. The number of hydrogen-bond acceptors (Lipinski definition) is 3. The van der Waals surface area contributed by atoms with Crippen molar-refractivity contribution in [2.45, 2.75) is 52.5 Å². The van der Waals surface area contributed by atoms with Gasteiger partial charge in [0.05, 0.1) is 6.07 Å². The molecule has 0 aromatic carbocycles. The van der Waals surface area contributed by atoms with Crippen molar-refractivity contribution in [1.82, 2.24) is 5.32 Å². The molecule has 16 heavy (non-hydrogen) atoms. The van der Waals surface area contributed by atoms with Crippen molar-refractivity contribution < 1.29 is 4.74 Å². The van der Waals surface area contributed by atoms with Gasteiger partial charge >= 0.3 is 0 Å².